The molecule has 0 aliphatic rings. The van der Waals surface area contributed by atoms with Crippen LogP contribution in [0, 0.1) is 0 Å². The van der Waals surface area contributed by atoms with Gasteiger partial charge in [-0.05, 0) is 19.8 Å². The van der Waals surface area contributed by atoms with Crippen LogP contribution in [0.25, 0.3) is 0 Å². The Labute approximate surface area is 80.1 Å². The molecular formula is C10H19NO2. The lowest BCUT2D eigenvalue weighted by atomic mass is 10.1. The zero-order chi connectivity index (χ0) is 10.1. The molecule has 0 N–H and O–H groups in total. The number of carbonyl (C=O) groups excluding carboxylic acids is 1. The van der Waals surface area contributed by atoms with Gasteiger partial charge in [-0.25, -0.2) is 4.79 Å². The van der Waals surface area contributed by atoms with Gasteiger partial charge in [-0.3, -0.25) is 0 Å². The summed E-state index contributed by atoms with van der Waals surface area (Å²) in [6.45, 7) is 5.42. The summed E-state index contributed by atoms with van der Waals surface area (Å²) in [5.41, 5.74) is 0.895. The summed E-state index contributed by atoms with van der Waals surface area (Å²) in [6.07, 6.45) is 5.78. The molecule has 0 spiro atoms. The number of nitrogens with zero attached hydrogens (tertiary/aromatic N) is 1. The summed E-state index contributed by atoms with van der Waals surface area (Å²) < 4.78 is 0. The minimum Gasteiger partial charge on any atom is -0.319 e. The third kappa shape index (κ3) is 9.05. The predicted molar refractivity (Wildman–Crippen MR) is 53.6 cm³/mol. The standard InChI is InChI=1S/C10H19NO2/c1-4-5-6-7-8-9(2)11-13-10(3)12/h4-8H2,1-3H3. The van der Waals surface area contributed by atoms with E-state index in [2.05, 4.69) is 16.9 Å². The first kappa shape index (κ1) is 12.1. The van der Waals surface area contributed by atoms with Crippen LogP contribution in [0.3, 0.4) is 0 Å². The maximum absolute atomic E-state index is 10.4. The highest BCUT2D eigenvalue weighted by molar-refractivity contribution is 5.82. The Morgan fingerprint density at radius 2 is 1.92 bits per heavy atom. The Hall–Kier alpha value is -0.860. The molecule has 0 aromatic carbocycles. The molecule has 0 saturated heterocycles. The Bertz CT molecular complexity index is 176. The molecule has 0 atom stereocenters. The minimum absolute atomic E-state index is 0.354. The van der Waals surface area contributed by atoms with Crippen molar-refractivity contribution in [2.75, 3.05) is 0 Å². The predicted octanol–water partition coefficient (Wildman–Crippen LogP) is 2.90. The van der Waals surface area contributed by atoms with Gasteiger partial charge in [0.05, 0.1) is 5.71 Å². The second-order valence-electron chi connectivity index (χ2n) is 3.22. The topological polar surface area (TPSA) is 38.7 Å². The SMILES string of the molecule is CCCCCCC(C)=NOC(C)=O. The average molecular weight is 185 g/mol. The van der Waals surface area contributed by atoms with E-state index in [1.807, 2.05) is 6.92 Å². The van der Waals surface area contributed by atoms with E-state index in [0.717, 1.165) is 18.6 Å². The van der Waals surface area contributed by atoms with Gasteiger partial charge < -0.3 is 4.84 Å². The summed E-state index contributed by atoms with van der Waals surface area (Å²) in [5, 5.41) is 3.69. The average Bonchev–Trinajstić information content (AvgIpc) is 2.09. The van der Waals surface area contributed by atoms with Crippen LogP contribution in [-0.2, 0) is 9.63 Å². The van der Waals surface area contributed by atoms with E-state index in [1.54, 1.807) is 0 Å². The highest BCUT2D eigenvalue weighted by atomic mass is 16.7. The van der Waals surface area contributed by atoms with Crippen molar-refractivity contribution in [2.45, 2.75) is 52.9 Å². The van der Waals surface area contributed by atoms with Crippen LogP contribution < -0.4 is 0 Å². The Morgan fingerprint density at radius 3 is 2.46 bits per heavy atom. The van der Waals surface area contributed by atoms with Gasteiger partial charge in [0.25, 0.3) is 0 Å². The van der Waals surface area contributed by atoms with Crippen molar-refractivity contribution in [3.8, 4) is 0 Å². The molecule has 0 saturated carbocycles. The van der Waals surface area contributed by atoms with Crippen LogP contribution in [0.4, 0.5) is 0 Å². The molecule has 0 aromatic heterocycles. The molecule has 0 heterocycles. The van der Waals surface area contributed by atoms with Crippen molar-refractivity contribution in [3.63, 3.8) is 0 Å². The first-order valence-electron chi connectivity index (χ1n) is 4.88. The van der Waals surface area contributed by atoms with Crippen molar-refractivity contribution in [2.24, 2.45) is 5.16 Å². The zero-order valence-corrected chi connectivity index (χ0v) is 8.80. The Morgan fingerprint density at radius 1 is 1.23 bits per heavy atom. The summed E-state index contributed by atoms with van der Waals surface area (Å²) in [7, 11) is 0. The largest absolute Gasteiger partial charge is 0.331 e. The third-order valence-electron chi connectivity index (χ3n) is 1.72. The molecule has 0 aromatic rings. The van der Waals surface area contributed by atoms with Crippen molar-refractivity contribution in [1.82, 2.24) is 0 Å². The normalized spacial score (nSPS) is 11.5. The monoisotopic (exact) mass is 185 g/mol. The van der Waals surface area contributed by atoms with E-state index in [1.165, 1.54) is 26.2 Å². The summed E-state index contributed by atoms with van der Waals surface area (Å²) in [4.78, 5) is 14.9. The molecular weight excluding hydrogens is 166 g/mol. The Balaban J connectivity index is 3.43. The van der Waals surface area contributed by atoms with Gasteiger partial charge in [0.1, 0.15) is 0 Å². The number of unbranched alkanes of at least 4 members (excludes halogenated alkanes) is 3. The lowest BCUT2D eigenvalue weighted by Crippen LogP contribution is -1.97. The fourth-order valence-electron chi connectivity index (χ4n) is 0.995. The van der Waals surface area contributed by atoms with E-state index >= 15 is 0 Å². The van der Waals surface area contributed by atoms with Crippen molar-refractivity contribution in [1.29, 1.82) is 0 Å². The van der Waals surface area contributed by atoms with E-state index < -0.39 is 0 Å². The molecule has 0 unspecified atom stereocenters. The summed E-state index contributed by atoms with van der Waals surface area (Å²) in [6, 6.07) is 0. The summed E-state index contributed by atoms with van der Waals surface area (Å²) in [5.74, 6) is -0.354. The van der Waals surface area contributed by atoms with Gasteiger partial charge in [0, 0.05) is 6.92 Å². The van der Waals surface area contributed by atoms with Crippen LogP contribution in [0.1, 0.15) is 52.9 Å². The van der Waals surface area contributed by atoms with Crippen LogP contribution >= 0.6 is 0 Å². The van der Waals surface area contributed by atoms with Crippen molar-refractivity contribution >= 4 is 11.7 Å². The molecule has 76 valence electrons. The van der Waals surface area contributed by atoms with Crippen LogP contribution in [0.5, 0.6) is 0 Å². The minimum atomic E-state index is -0.354. The molecule has 0 aliphatic heterocycles. The Kier molecular flexibility index (Phi) is 7.26. The number of hydrogen-bond acceptors (Lipinski definition) is 3. The third-order valence-corrected chi connectivity index (χ3v) is 1.72. The van der Waals surface area contributed by atoms with E-state index in [-0.39, 0.29) is 5.97 Å². The second kappa shape index (κ2) is 7.77. The van der Waals surface area contributed by atoms with Gasteiger partial charge in [-0.2, -0.15) is 0 Å². The number of hydrogen-bond donors (Lipinski definition) is 0. The van der Waals surface area contributed by atoms with E-state index in [0.29, 0.717) is 0 Å². The van der Waals surface area contributed by atoms with Gasteiger partial charge in [0.15, 0.2) is 0 Å². The molecule has 0 amide bonds. The summed E-state index contributed by atoms with van der Waals surface area (Å²) >= 11 is 0. The molecule has 0 radical (unpaired) electrons. The highest BCUT2D eigenvalue weighted by Crippen LogP contribution is 2.03. The van der Waals surface area contributed by atoms with Crippen molar-refractivity contribution < 1.29 is 9.63 Å². The number of oxime groups is 1. The first-order chi connectivity index (χ1) is 6.16. The van der Waals surface area contributed by atoms with Gasteiger partial charge >= 0.3 is 5.97 Å². The first-order valence-corrected chi connectivity index (χ1v) is 4.88. The molecule has 3 nitrogen and oxygen atoms in total. The fourth-order valence-corrected chi connectivity index (χ4v) is 0.995. The molecule has 0 fully saturated rings. The maximum Gasteiger partial charge on any atom is 0.331 e. The zero-order valence-electron chi connectivity index (χ0n) is 8.80. The lowest BCUT2D eigenvalue weighted by Gasteiger charge is -1.98. The molecule has 0 bridgehead atoms. The van der Waals surface area contributed by atoms with Gasteiger partial charge in [-0.15, -0.1) is 0 Å². The molecule has 13 heavy (non-hydrogen) atoms. The second-order valence-corrected chi connectivity index (χ2v) is 3.22. The molecule has 0 aliphatic carbocycles. The smallest absolute Gasteiger partial charge is 0.319 e. The lowest BCUT2D eigenvalue weighted by molar-refractivity contribution is -0.140. The van der Waals surface area contributed by atoms with Crippen LogP contribution in [0.2, 0.25) is 0 Å². The quantitative estimate of drug-likeness (QED) is 0.276. The number of rotatable bonds is 6. The number of carbonyl (C=O) groups is 1. The maximum atomic E-state index is 10.4. The van der Waals surface area contributed by atoms with E-state index in [4.69, 9.17) is 0 Å². The van der Waals surface area contributed by atoms with E-state index in [9.17, 15) is 4.79 Å². The van der Waals surface area contributed by atoms with Crippen LogP contribution in [0.15, 0.2) is 5.16 Å². The highest BCUT2D eigenvalue weighted by Gasteiger charge is 1.94. The molecule has 0 rings (SSSR count). The van der Waals surface area contributed by atoms with Gasteiger partial charge in [0.2, 0.25) is 0 Å². The van der Waals surface area contributed by atoms with Crippen LogP contribution in [-0.4, -0.2) is 11.7 Å². The van der Waals surface area contributed by atoms with Crippen molar-refractivity contribution in [3.05, 3.63) is 0 Å². The van der Waals surface area contributed by atoms with Gasteiger partial charge in [-0.1, -0.05) is 31.3 Å². The molecule has 3 heteroatoms. The fraction of sp³-hybridized carbons (Fsp3) is 0.800.